The van der Waals surface area contributed by atoms with Gasteiger partial charge in [0.1, 0.15) is 5.69 Å². The lowest BCUT2D eigenvalue weighted by Crippen LogP contribution is -2.17. The molecule has 0 atom stereocenters. The van der Waals surface area contributed by atoms with Crippen LogP contribution >= 0.6 is 0 Å². The molecule has 0 spiro atoms. The molecule has 0 bridgehead atoms. The van der Waals surface area contributed by atoms with Gasteiger partial charge in [0.15, 0.2) is 11.4 Å². The van der Waals surface area contributed by atoms with Crippen molar-refractivity contribution in [2.45, 2.75) is 38.6 Å². The minimum Gasteiger partial charge on any atom is -0.478 e. The van der Waals surface area contributed by atoms with Gasteiger partial charge in [-0.25, -0.2) is 20.1 Å². The smallest absolute Gasteiger partial charge is 0.243 e. The van der Waals surface area contributed by atoms with Crippen molar-refractivity contribution in [3.8, 4) is 17.3 Å². The minimum absolute atomic E-state index is 0.137. The second-order valence-corrected chi connectivity index (χ2v) is 7.46. The number of nitrogens with zero attached hydrogens (tertiary/aromatic N) is 5. The molecule has 11 heteroatoms. The fourth-order valence-corrected chi connectivity index (χ4v) is 3.44. The van der Waals surface area contributed by atoms with Gasteiger partial charge in [0.25, 0.3) is 0 Å². The molecule has 4 aromatic rings. The maximum Gasteiger partial charge on any atom is 0.243 e. The average molecular weight is 451 g/mol. The van der Waals surface area contributed by atoms with Gasteiger partial charge < -0.3 is 14.9 Å². The summed E-state index contributed by atoms with van der Waals surface area (Å²) >= 11 is 0. The number of rotatable bonds is 11. The summed E-state index contributed by atoms with van der Waals surface area (Å²) in [5.74, 6) is 0.911. The molecule has 4 aromatic heterocycles. The van der Waals surface area contributed by atoms with Crippen molar-refractivity contribution in [1.82, 2.24) is 30.2 Å². The van der Waals surface area contributed by atoms with E-state index in [1.165, 1.54) is 0 Å². The number of hydrogen-bond acceptors (Lipinski definition) is 9. The molecule has 0 unspecified atom stereocenters. The van der Waals surface area contributed by atoms with Crippen LogP contribution in [0.3, 0.4) is 0 Å². The Hall–Kier alpha value is -3.99. The van der Waals surface area contributed by atoms with E-state index in [4.69, 9.17) is 20.1 Å². The first-order valence-corrected chi connectivity index (χ1v) is 10.7. The molecule has 11 nitrogen and oxygen atoms in total. The number of pyridine rings is 1. The third-order valence-electron chi connectivity index (χ3n) is 5.03. The second kappa shape index (κ2) is 10.6. The van der Waals surface area contributed by atoms with Crippen LogP contribution in [-0.4, -0.2) is 42.5 Å². The topological polar surface area (TPSA) is 154 Å². The van der Waals surface area contributed by atoms with Crippen LogP contribution in [-0.2, 0) is 11.3 Å². The lowest BCUT2D eigenvalue weighted by molar-refractivity contribution is -0.129. The fourth-order valence-electron chi connectivity index (χ4n) is 3.44. The van der Waals surface area contributed by atoms with Gasteiger partial charge in [0.2, 0.25) is 17.7 Å². The van der Waals surface area contributed by atoms with Crippen molar-refractivity contribution in [3.63, 3.8) is 0 Å². The normalized spacial score (nSPS) is 11.1. The number of nitrogen functional groups attached to an aromatic ring is 1. The largest absolute Gasteiger partial charge is 0.478 e. The number of nitrogens with two attached hydrogens (primary N) is 1. The predicted molar refractivity (Wildman–Crippen MR) is 119 cm³/mol. The van der Waals surface area contributed by atoms with Gasteiger partial charge in [-0.15, -0.1) is 0 Å². The molecule has 0 saturated carbocycles. The van der Waals surface area contributed by atoms with E-state index in [9.17, 15) is 4.79 Å². The number of aromatic nitrogens is 5. The number of carbonyl (C=O) groups is 1. The van der Waals surface area contributed by atoms with Gasteiger partial charge >= 0.3 is 0 Å². The highest BCUT2D eigenvalue weighted by molar-refractivity contribution is 5.89. The van der Waals surface area contributed by atoms with E-state index in [1.54, 1.807) is 28.7 Å². The van der Waals surface area contributed by atoms with Crippen molar-refractivity contribution in [2.75, 3.05) is 12.3 Å². The van der Waals surface area contributed by atoms with Crippen molar-refractivity contribution < 1.29 is 19.2 Å². The van der Waals surface area contributed by atoms with Crippen LogP contribution in [0.1, 0.15) is 37.8 Å². The van der Waals surface area contributed by atoms with Crippen LogP contribution in [0.25, 0.3) is 22.5 Å². The van der Waals surface area contributed by atoms with Crippen molar-refractivity contribution in [3.05, 3.63) is 48.5 Å². The summed E-state index contributed by atoms with van der Waals surface area (Å²) in [7, 11) is 0. The Morgan fingerprint density at radius 3 is 2.82 bits per heavy atom. The first kappa shape index (κ1) is 22.2. The zero-order valence-electron chi connectivity index (χ0n) is 18.0. The third-order valence-corrected chi connectivity index (χ3v) is 5.03. The Bertz CT molecular complexity index is 1210. The van der Waals surface area contributed by atoms with E-state index in [0.717, 1.165) is 36.8 Å². The van der Waals surface area contributed by atoms with Crippen molar-refractivity contribution in [2.24, 2.45) is 0 Å². The molecule has 0 aliphatic rings. The molecule has 4 rings (SSSR count). The van der Waals surface area contributed by atoms with Gasteiger partial charge in [0.05, 0.1) is 36.7 Å². The lowest BCUT2D eigenvalue weighted by Gasteiger charge is -2.08. The molecule has 0 saturated heterocycles. The number of ether oxygens (including phenoxy) is 1. The molecule has 4 heterocycles. The maximum atomic E-state index is 11.0. The first-order chi connectivity index (χ1) is 16.1. The molecular formula is C22H25N7O4. The molecule has 33 heavy (non-hydrogen) atoms. The number of carbonyl (C=O) groups excluding carboxylic acids is 1. The Labute approximate surface area is 189 Å². The summed E-state index contributed by atoms with van der Waals surface area (Å²) < 4.78 is 13.0. The summed E-state index contributed by atoms with van der Waals surface area (Å²) in [5, 5.41) is 13.7. The summed E-state index contributed by atoms with van der Waals surface area (Å²) in [4.78, 5) is 24.2. The van der Waals surface area contributed by atoms with Gasteiger partial charge in [0, 0.05) is 12.5 Å². The number of hydrogen-bond donors (Lipinski definition) is 3. The zero-order valence-corrected chi connectivity index (χ0v) is 18.0. The molecular weight excluding hydrogens is 426 g/mol. The van der Waals surface area contributed by atoms with Gasteiger partial charge in [-0.1, -0.05) is 18.9 Å². The number of nitrogens with one attached hydrogen (secondary N) is 1. The van der Waals surface area contributed by atoms with Crippen LogP contribution in [0, 0.1) is 0 Å². The second-order valence-electron chi connectivity index (χ2n) is 7.46. The number of hydroxylamine groups is 1. The van der Waals surface area contributed by atoms with Gasteiger partial charge in [-0.2, -0.15) is 10.1 Å². The summed E-state index contributed by atoms with van der Waals surface area (Å²) in [5.41, 5.74) is 9.52. The van der Waals surface area contributed by atoms with E-state index >= 15 is 0 Å². The number of anilines is 1. The Balaban J connectivity index is 1.36. The number of unbranched alkanes of at least 4 members (excludes halogenated alkanes) is 3. The number of furan rings is 1. The van der Waals surface area contributed by atoms with E-state index in [2.05, 4.69) is 20.1 Å². The van der Waals surface area contributed by atoms with Crippen LogP contribution in [0.5, 0.6) is 5.88 Å². The highest BCUT2D eigenvalue weighted by Crippen LogP contribution is 2.27. The molecule has 172 valence electrons. The summed E-state index contributed by atoms with van der Waals surface area (Å²) in [6, 6.07) is 9.19. The average Bonchev–Trinajstić information content (AvgIpc) is 3.49. The maximum absolute atomic E-state index is 11.0. The number of fused-ring (bicyclic) bond motifs is 1. The van der Waals surface area contributed by atoms with Crippen molar-refractivity contribution >= 4 is 22.9 Å². The zero-order chi connectivity index (χ0) is 23.0. The van der Waals surface area contributed by atoms with E-state index in [0.29, 0.717) is 42.6 Å². The van der Waals surface area contributed by atoms with E-state index < -0.39 is 0 Å². The number of amides is 1. The first-order valence-electron chi connectivity index (χ1n) is 10.7. The molecule has 0 radical (unpaired) electrons. The molecule has 4 N–H and O–H groups in total. The Morgan fingerprint density at radius 2 is 2.00 bits per heavy atom. The Kier molecular flexibility index (Phi) is 7.10. The quantitative estimate of drug-likeness (QED) is 0.177. The van der Waals surface area contributed by atoms with E-state index in [1.807, 2.05) is 24.3 Å². The molecule has 1 amide bonds. The lowest BCUT2D eigenvalue weighted by atomic mass is 10.1. The van der Waals surface area contributed by atoms with E-state index in [-0.39, 0.29) is 11.9 Å². The van der Waals surface area contributed by atoms with Gasteiger partial charge in [-0.3, -0.25) is 10.0 Å². The van der Waals surface area contributed by atoms with Gasteiger partial charge in [-0.05, 0) is 31.0 Å². The van der Waals surface area contributed by atoms with Crippen LogP contribution in [0.2, 0.25) is 0 Å². The summed E-state index contributed by atoms with van der Waals surface area (Å²) in [6.45, 7) is 0.922. The van der Waals surface area contributed by atoms with Crippen LogP contribution in [0.15, 0.2) is 47.2 Å². The van der Waals surface area contributed by atoms with Crippen LogP contribution < -0.4 is 16.0 Å². The SMILES string of the molecule is Nc1nc(-c2ccco2)c2cnn(Cc3cccc(OCCCCCCC(=O)NO)n3)c2n1. The van der Waals surface area contributed by atoms with Crippen molar-refractivity contribution in [1.29, 1.82) is 0 Å². The minimum atomic E-state index is -0.358. The fraction of sp³-hybridized carbons (Fsp3) is 0.318. The highest BCUT2D eigenvalue weighted by Gasteiger charge is 2.16. The van der Waals surface area contributed by atoms with Crippen LogP contribution in [0.4, 0.5) is 5.95 Å². The standard InChI is InChI=1S/C22H25N7O4/c23-22-26-20(17-8-6-12-32-17)16-13-24-29(21(16)27-22)14-15-7-5-10-19(25-15)33-11-4-2-1-3-9-18(30)28-31/h5-8,10,12-13,31H,1-4,9,11,14H2,(H,28,30)(H2,23,26,27). The molecule has 0 aliphatic heterocycles. The molecule has 0 aliphatic carbocycles. The Morgan fingerprint density at radius 1 is 1.12 bits per heavy atom. The monoisotopic (exact) mass is 451 g/mol. The molecule has 0 aromatic carbocycles. The third kappa shape index (κ3) is 5.63. The summed E-state index contributed by atoms with van der Waals surface area (Å²) in [6.07, 6.45) is 6.99. The molecule has 0 fully saturated rings. The predicted octanol–water partition coefficient (Wildman–Crippen LogP) is 2.95. The highest BCUT2D eigenvalue weighted by atomic mass is 16.5.